The molecule has 0 aliphatic carbocycles. The van der Waals surface area contributed by atoms with Crippen molar-refractivity contribution < 1.29 is 63.9 Å². The normalized spacial score (nSPS) is 38.8. The highest BCUT2D eigenvalue weighted by atomic mass is 16.8. The van der Waals surface area contributed by atoms with E-state index in [1.54, 1.807) is 13.8 Å². The van der Waals surface area contributed by atoms with Crippen LogP contribution in [0.15, 0.2) is 0 Å². The second-order valence-electron chi connectivity index (χ2n) is 7.99. The molecule has 0 saturated carbocycles. The van der Waals surface area contributed by atoms with E-state index in [1.807, 2.05) is 0 Å². The molecular weight excluding hydrogens is 448 g/mol. The summed E-state index contributed by atoms with van der Waals surface area (Å²) in [4.78, 5) is 24.2. The molecule has 0 bridgehead atoms. The Bertz CT molecular complexity index is 645. The predicted molar refractivity (Wildman–Crippen MR) is 106 cm³/mol. The van der Waals surface area contributed by atoms with Crippen molar-refractivity contribution in [2.24, 2.45) is 0 Å². The molecule has 0 amide bonds. The lowest BCUT2D eigenvalue weighted by molar-refractivity contribution is -0.384. The Balaban J connectivity index is 2.37. The number of aliphatic hydroxyl groups excluding tert-OH is 6. The zero-order chi connectivity index (χ0) is 24.8. The fourth-order valence-electron chi connectivity index (χ4n) is 3.70. The molecule has 13 heteroatoms. The van der Waals surface area contributed by atoms with Gasteiger partial charge in [-0.25, -0.2) is 0 Å². The van der Waals surface area contributed by atoms with Crippen molar-refractivity contribution in [3.63, 3.8) is 0 Å². The molecule has 9 atom stereocenters. The second-order valence-corrected chi connectivity index (χ2v) is 7.99. The molecule has 192 valence electrons. The highest BCUT2D eigenvalue weighted by Gasteiger charge is 2.61. The average Bonchev–Trinajstić information content (AvgIpc) is 3.05. The van der Waals surface area contributed by atoms with Gasteiger partial charge in [-0.3, -0.25) is 9.59 Å². The van der Waals surface area contributed by atoms with Crippen LogP contribution in [0.2, 0.25) is 0 Å². The Morgan fingerprint density at radius 2 is 1.42 bits per heavy atom. The van der Waals surface area contributed by atoms with E-state index in [2.05, 4.69) is 0 Å². The van der Waals surface area contributed by atoms with Crippen LogP contribution < -0.4 is 0 Å². The van der Waals surface area contributed by atoms with Gasteiger partial charge in [0.25, 0.3) is 0 Å². The first-order valence-corrected chi connectivity index (χ1v) is 10.9. The van der Waals surface area contributed by atoms with Gasteiger partial charge < -0.3 is 54.3 Å². The molecule has 0 aromatic rings. The molecule has 2 aliphatic heterocycles. The van der Waals surface area contributed by atoms with Gasteiger partial charge in [0, 0.05) is 12.8 Å². The van der Waals surface area contributed by atoms with E-state index >= 15 is 0 Å². The van der Waals surface area contributed by atoms with E-state index < -0.39 is 86.6 Å². The van der Waals surface area contributed by atoms with Crippen LogP contribution in [0.5, 0.6) is 0 Å². The van der Waals surface area contributed by atoms with Crippen molar-refractivity contribution in [3.05, 3.63) is 0 Å². The van der Waals surface area contributed by atoms with Gasteiger partial charge in [-0.05, 0) is 12.8 Å². The van der Waals surface area contributed by atoms with Crippen molar-refractivity contribution >= 4 is 11.9 Å². The van der Waals surface area contributed by atoms with Gasteiger partial charge in [-0.2, -0.15) is 0 Å². The van der Waals surface area contributed by atoms with Gasteiger partial charge in [0.1, 0.15) is 37.1 Å². The fourth-order valence-corrected chi connectivity index (χ4v) is 3.70. The Labute approximate surface area is 190 Å². The largest absolute Gasteiger partial charge is 0.454 e. The summed E-state index contributed by atoms with van der Waals surface area (Å²) in [5.74, 6) is -3.75. The van der Waals surface area contributed by atoms with Crippen LogP contribution in [-0.4, -0.2) is 117 Å². The first-order chi connectivity index (χ1) is 15.7. The summed E-state index contributed by atoms with van der Waals surface area (Å²) in [7, 11) is 0. The minimum absolute atomic E-state index is 0.0107. The Morgan fingerprint density at radius 1 is 0.848 bits per heavy atom. The number of carbonyl (C=O) groups excluding carboxylic acids is 2. The molecule has 0 radical (unpaired) electrons. The molecule has 33 heavy (non-hydrogen) atoms. The lowest BCUT2D eigenvalue weighted by Crippen LogP contribution is -2.64. The highest BCUT2D eigenvalue weighted by Crippen LogP contribution is 2.38. The minimum Gasteiger partial charge on any atom is -0.454 e. The van der Waals surface area contributed by atoms with Crippen molar-refractivity contribution in [3.8, 4) is 0 Å². The Kier molecular flexibility index (Phi) is 10.4. The van der Waals surface area contributed by atoms with E-state index in [4.69, 9.17) is 23.7 Å². The number of carbonyl (C=O) groups is 2. The zero-order valence-electron chi connectivity index (χ0n) is 18.6. The molecule has 0 unspecified atom stereocenters. The third kappa shape index (κ3) is 6.18. The summed E-state index contributed by atoms with van der Waals surface area (Å²) in [6.07, 6.45) is -11.8. The molecule has 13 nitrogen and oxygen atoms in total. The standard InChI is InChI=1S/C20H34O13/c1-3-5-12(24)30-17-16(28)14(26)10(7-21)29-19(17)33-20(9-23)18(31-13(25)6-4-2)15(27)11(8-22)32-20/h10-11,14-19,21-23,26-28H,3-9H2,1-2H3/t10-,11-,14-,15-,16+,17-,18+,19-,20+/m1/s1. The van der Waals surface area contributed by atoms with Crippen molar-refractivity contribution in [1.82, 2.24) is 0 Å². The molecule has 0 aromatic heterocycles. The van der Waals surface area contributed by atoms with E-state index in [0.717, 1.165) is 0 Å². The third-order valence-electron chi connectivity index (χ3n) is 5.45. The van der Waals surface area contributed by atoms with Crippen molar-refractivity contribution in [1.29, 1.82) is 0 Å². The monoisotopic (exact) mass is 482 g/mol. The van der Waals surface area contributed by atoms with Crippen LogP contribution in [0.4, 0.5) is 0 Å². The van der Waals surface area contributed by atoms with Crippen LogP contribution in [0, 0.1) is 0 Å². The van der Waals surface area contributed by atoms with Crippen LogP contribution in [-0.2, 0) is 33.3 Å². The predicted octanol–water partition coefficient (Wildman–Crippen LogP) is -2.69. The summed E-state index contributed by atoms with van der Waals surface area (Å²) < 4.78 is 27.2. The van der Waals surface area contributed by atoms with Gasteiger partial charge in [0.2, 0.25) is 12.1 Å². The maximum Gasteiger partial charge on any atom is 0.306 e. The number of rotatable bonds is 11. The quantitative estimate of drug-likeness (QED) is 0.166. The molecule has 2 heterocycles. The number of ether oxygens (including phenoxy) is 5. The van der Waals surface area contributed by atoms with Gasteiger partial charge in [0.15, 0.2) is 12.2 Å². The van der Waals surface area contributed by atoms with Crippen molar-refractivity contribution in [2.45, 2.75) is 94.3 Å². The molecular formula is C20H34O13. The van der Waals surface area contributed by atoms with E-state index in [0.29, 0.717) is 12.8 Å². The SMILES string of the molecule is CCCC(=O)O[C@H]1[C@@H](O[C@]2(CO)O[C@H](CO)[C@@H](O)[C@@H]2OC(=O)CCC)O[C@H](CO)[C@@H](O)[C@@H]1O. The summed E-state index contributed by atoms with van der Waals surface area (Å²) in [5, 5.41) is 60.4. The zero-order valence-corrected chi connectivity index (χ0v) is 18.6. The van der Waals surface area contributed by atoms with Crippen molar-refractivity contribution in [2.75, 3.05) is 19.8 Å². The first-order valence-electron chi connectivity index (χ1n) is 10.9. The Hall–Kier alpha value is -1.42. The molecule has 0 aromatic carbocycles. The fraction of sp³-hybridized carbons (Fsp3) is 0.900. The van der Waals surface area contributed by atoms with Crippen LogP contribution >= 0.6 is 0 Å². The van der Waals surface area contributed by atoms with Gasteiger partial charge in [-0.15, -0.1) is 0 Å². The highest BCUT2D eigenvalue weighted by molar-refractivity contribution is 5.70. The smallest absolute Gasteiger partial charge is 0.306 e. The number of hydrogen-bond acceptors (Lipinski definition) is 13. The molecule has 2 rings (SSSR count). The molecule has 6 N–H and O–H groups in total. The molecule has 2 saturated heterocycles. The van der Waals surface area contributed by atoms with Gasteiger partial charge >= 0.3 is 11.9 Å². The molecule has 2 aliphatic rings. The molecule has 2 fully saturated rings. The number of hydrogen-bond donors (Lipinski definition) is 6. The van der Waals surface area contributed by atoms with Crippen LogP contribution in [0.1, 0.15) is 39.5 Å². The lowest BCUT2D eigenvalue weighted by Gasteiger charge is -2.44. The van der Waals surface area contributed by atoms with E-state index in [9.17, 15) is 40.2 Å². The van der Waals surface area contributed by atoms with Crippen LogP contribution in [0.3, 0.4) is 0 Å². The topological polar surface area (TPSA) is 202 Å². The van der Waals surface area contributed by atoms with Gasteiger partial charge in [-0.1, -0.05) is 13.8 Å². The van der Waals surface area contributed by atoms with Gasteiger partial charge in [0.05, 0.1) is 13.2 Å². The molecule has 0 spiro atoms. The Morgan fingerprint density at radius 3 is 1.94 bits per heavy atom. The minimum atomic E-state index is -2.28. The average molecular weight is 482 g/mol. The summed E-state index contributed by atoms with van der Waals surface area (Å²) in [6, 6.07) is 0. The first kappa shape index (κ1) is 27.8. The third-order valence-corrected chi connectivity index (χ3v) is 5.45. The van der Waals surface area contributed by atoms with Crippen LogP contribution in [0.25, 0.3) is 0 Å². The van der Waals surface area contributed by atoms with E-state index in [-0.39, 0.29) is 12.8 Å². The maximum absolute atomic E-state index is 12.1. The second kappa shape index (κ2) is 12.3. The van der Waals surface area contributed by atoms with E-state index in [1.165, 1.54) is 0 Å². The maximum atomic E-state index is 12.1. The summed E-state index contributed by atoms with van der Waals surface area (Å²) in [5.41, 5.74) is 0. The lowest BCUT2D eigenvalue weighted by atomic mass is 9.98. The number of aliphatic hydroxyl groups is 6. The summed E-state index contributed by atoms with van der Waals surface area (Å²) in [6.45, 7) is 0.996. The summed E-state index contributed by atoms with van der Waals surface area (Å²) >= 11 is 0. The number of esters is 2.